The fraction of sp³-hybridized carbons (Fsp3) is 0.407. The first-order valence-corrected chi connectivity index (χ1v) is 12.0. The summed E-state index contributed by atoms with van der Waals surface area (Å²) in [6.45, 7) is 8.12. The van der Waals surface area contributed by atoms with E-state index in [1.165, 1.54) is 11.0 Å². The van der Waals surface area contributed by atoms with Gasteiger partial charge in [-0.1, -0.05) is 30.7 Å². The van der Waals surface area contributed by atoms with Gasteiger partial charge in [0.05, 0.1) is 37.0 Å². The zero-order valence-electron chi connectivity index (χ0n) is 20.2. The van der Waals surface area contributed by atoms with Gasteiger partial charge < -0.3 is 24.6 Å². The van der Waals surface area contributed by atoms with Crippen LogP contribution in [-0.2, 0) is 14.3 Å². The Hall–Kier alpha value is -3.36. The van der Waals surface area contributed by atoms with E-state index in [1.54, 1.807) is 24.3 Å². The van der Waals surface area contributed by atoms with Crippen molar-refractivity contribution < 1.29 is 29.3 Å². The van der Waals surface area contributed by atoms with Crippen LogP contribution in [-0.4, -0.2) is 77.7 Å². The van der Waals surface area contributed by atoms with Gasteiger partial charge in [-0.2, -0.15) is 0 Å². The number of phenolic OH excluding ortho intramolecular Hbond substituents is 1. The van der Waals surface area contributed by atoms with Gasteiger partial charge in [0.15, 0.2) is 0 Å². The molecule has 186 valence electrons. The number of phenols is 1. The highest BCUT2D eigenvalue weighted by Crippen LogP contribution is 2.41. The zero-order chi connectivity index (χ0) is 24.9. The number of aromatic hydroxyl groups is 1. The fourth-order valence-corrected chi connectivity index (χ4v) is 4.48. The first-order chi connectivity index (χ1) is 16.9. The number of Topliss-reactive ketones (excluding diaryl/α,β-unsaturated/α-hetero) is 1. The molecule has 2 N–H and O–H groups in total. The van der Waals surface area contributed by atoms with Crippen LogP contribution >= 0.6 is 0 Å². The van der Waals surface area contributed by atoms with E-state index in [9.17, 15) is 19.8 Å². The van der Waals surface area contributed by atoms with E-state index >= 15 is 0 Å². The number of rotatable bonds is 8. The molecule has 0 aliphatic carbocycles. The Morgan fingerprint density at radius 2 is 1.80 bits per heavy atom. The topological polar surface area (TPSA) is 99.5 Å². The number of aliphatic hydroxyl groups is 1. The predicted octanol–water partition coefficient (Wildman–Crippen LogP) is 3.24. The van der Waals surface area contributed by atoms with E-state index in [0.717, 1.165) is 25.1 Å². The second-order valence-corrected chi connectivity index (χ2v) is 8.88. The van der Waals surface area contributed by atoms with E-state index in [1.807, 2.05) is 26.0 Å². The summed E-state index contributed by atoms with van der Waals surface area (Å²) in [6.07, 6.45) is 0.878. The lowest BCUT2D eigenvalue weighted by Crippen LogP contribution is -2.42. The summed E-state index contributed by atoms with van der Waals surface area (Å²) in [7, 11) is 0. The number of aryl methyl sites for hydroxylation is 1. The van der Waals surface area contributed by atoms with Crippen LogP contribution < -0.4 is 4.74 Å². The summed E-state index contributed by atoms with van der Waals surface area (Å²) in [5.74, 6) is -1.27. The second kappa shape index (κ2) is 10.9. The molecule has 2 saturated heterocycles. The number of carbonyl (C=O) groups is 2. The molecule has 2 aromatic rings. The highest BCUT2D eigenvalue weighted by molar-refractivity contribution is 6.46. The number of carbonyl (C=O) groups excluding carboxylic acids is 2. The zero-order valence-corrected chi connectivity index (χ0v) is 20.2. The Morgan fingerprint density at radius 1 is 1.09 bits per heavy atom. The third kappa shape index (κ3) is 5.33. The normalized spacial score (nSPS) is 20.4. The summed E-state index contributed by atoms with van der Waals surface area (Å²) in [5, 5.41) is 21.6. The number of likely N-dealkylation sites (tertiary alicyclic amines) is 1. The van der Waals surface area contributed by atoms with Crippen molar-refractivity contribution in [2.45, 2.75) is 26.3 Å². The molecule has 0 saturated carbocycles. The molecular weight excluding hydrogens is 448 g/mol. The maximum absolute atomic E-state index is 13.2. The quantitative estimate of drug-likeness (QED) is 0.340. The molecule has 2 aliphatic rings. The highest BCUT2D eigenvalue weighted by Gasteiger charge is 2.46. The van der Waals surface area contributed by atoms with Gasteiger partial charge in [0.25, 0.3) is 11.7 Å². The lowest BCUT2D eigenvalue weighted by molar-refractivity contribution is -0.140. The number of hydrogen-bond acceptors (Lipinski definition) is 7. The van der Waals surface area contributed by atoms with Crippen molar-refractivity contribution in [3.05, 3.63) is 64.7 Å². The number of aliphatic hydroxyl groups excluding tert-OH is 1. The van der Waals surface area contributed by atoms with Gasteiger partial charge in [0.1, 0.15) is 17.3 Å². The van der Waals surface area contributed by atoms with Gasteiger partial charge in [-0.3, -0.25) is 14.5 Å². The SMILES string of the molecule is CCCOc1ccc(C2/C(=C(\O)c3cc(C)ccc3O)C(=O)C(=O)N2CCN2CCOCC2)cc1. The number of amides is 1. The molecule has 8 heteroatoms. The molecule has 1 unspecified atom stereocenters. The van der Waals surface area contributed by atoms with E-state index in [-0.39, 0.29) is 22.6 Å². The number of ether oxygens (including phenoxy) is 2. The minimum atomic E-state index is -0.781. The Kier molecular flexibility index (Phi) is 7.73. The fourth-order valence-electron chi connectivity index (χ4n) is 4.48. The maximum Gasteiger partial charge on any atom is 0.295 e. The third-order valence-electron chi connectivity index (χ3n) is 6.38. The summed E-state index contributed by atoms with van der Waals surface area (Å²) in [4.78, 5) is 30.1. The van der Waals surface area contributed by atoms with Crippen molar-refractivity contribution in [3.63, 3.8) is 0 Å². The van der Waals surface area contributed by atoms with Gasteiger partial charge in [-0.25, -0.2) is 0 Å². The maximum atomic E-state index is 13.2. The summed E-state index contributed by atoms with van der Waals surface area (Å²) >= 11 is 0. The lowest BCUT2D eigenvalue weighted by atomic mass is 9.94. The molecule has 2 heterocycles. The average Bonchev–Trinajstić information content (AvgIpc) is 3.13. The summed E-state index contributed by atoms with van der Waals surface area (Å²) in [6, 6.07) is 11.2. The van der Waals surface area contributed by atoms with Crippen molar-refractivity contribution in [2.75, 3.05) is 46.0 Å². The Labute approximate surface area is 205 Å². The van der Waals surface area contributed by atoms with Gasteiger partial charge >= 0.3 is 0 Å². The van der Waals surface area contributed by atoms with E-state index < -0.39 is 17.7 Å². The van der Waals surface area contributed by atoms with Crippen LogP contribution in [0.1, 0.15) is 36.1 Å². The lowest BCUT2D eigenvalue weighted by Gasteiger charge is -2.31. The number of benzene rings is 2. The minimum absolute atomic E-state index is 0.0277. The molecule has 2 aromatic carbocycles. The van der Waals surface area contributed by atoms with Crippen molar-refractivity contribution >= 4 is 17.4 Å². The van der Waals surface area contributed by atoms with Crippen LogP contribution in [0.5, 0.6) is 11.5 Å². The predicted molar refractivity (Wildman–Crippen MR) is 131 cm³/mol. The average molecular weight is 481 g/mol. The Balaban J connectivity index is 1.73. The monoisotopic (exact) mass is 480 g/mol. The molecule has 35 heavy (non-hydrogen) atoms. The van der Waals surface area contributed by atoms with Crippen LogP contribution in [0.25, 0.3) is 5.76 Å². The molecule has 0 bridgehead atoms. The number of hydrogen-bond donors (Lipinski definition) is 2. The minimum Gasteiger partial charge on any atom is -0.507 e. The summed E-state index contributed by atoms with van der Waals surface area (Å²) in [5.41, 5.74) is 1.59. The molecule has 0 radical (unpaired) electrons. The van der Waals surface area contributed by atoms with E-state index in [2.05, 4.69) is 4.90 Å². The molecule has 0 aromatic heterocycles. The third-order valence-corrected chi connectivity index (χ3v) is 6.38. The molecule has 2 aliphatic heterocycles. The molecular formula is C27H32N2O6. The van der Waals surface area contributed by atoms with Crippen LogP contribution in [0, 0.1) is 6.92 Å². The number of morpholine rings is 1. The van der Waals surface area contributed by atoms with E-state index in [4.69, 9.17) is 9.47 Å². The first kappa shape index (κ1) is 24.8. The number of ketones is 1. The second-order valence-electron chi connectivity index (χ2n) is 8.88. The van der Waals surface area contributed by atoms with Crippen molar-refractivity contribution in [1.29, 1.82) is 0 Å². The smallest absolute Gasteiger partial charge is 0.295 e. The van der Waals surface area contributed by atoms with Gasteiger partial charge in [0.2, 0.25) is 0 Å². The van der Waals surface area contributed by atoms with Crippen molar-refractivity contribution in [2.24, 2.45) is 0 Å². The molecule has 0 spiro atoms. The molecule has 1 atom stereocenters. The van der Waals surface area contributed by atoms with Gasteiger partial charge in [-0.15, -0.1) is 0 Å². The Morgan fingerprint density at radius 3 is 2.49 bits per heavy atom. The van der Waals surface area contributed by atoms with Crippen LogP contribution in [0.3, 0.4) is 0 Å². The number of nitrogens with zero attached hydrogens (tertiary/aromatic N) is 2. The molecule has 2 fully saturated rings. The van der Waals surface area contributed by atoms with Crippen LogP contribution in [0.15, 0.2) is 48.0 Å². The largest absolute Gasteiger partial charge is 0.507 e. The van der Waals surface area contributed by atoms with Gasteiger partial charge in [0, 0.05) is 26.2 Å². The first-order valence-electron chi connectivity index (χ1n) is 12.0. The molecule has 1 amide bonds. The van der Waals surface area contributed by atoms with Crippen LogP contribution in [0.2, 0.25) is 0 Å². The Bertz CT molecular complexity index is 1110. The van der Waals surface area contributed by atoms with E-state index in [0.29, 0.717) is 44.2 Å². The van der Waals surface area contributed by atoms with Crippen molar-refractivity contribution in [3.8, 4) is 11.5 Å². The summed E-state index contributed by atoms with van der Waals surface area (Å²) < 4.78 is 11.1. The molecule has 4 rings (SSSR count). The highest BCUT2D eigenvalue weighted by atomic mass is 16.5. The van der Waals surface area contributed by atoms with Gasteiger partial charge in [-0.05, 0) is 43.2 Å². The molecule has 8 nitrogen and oxygen atoms in total. The van der Waals surface area contributed by atoms with Crippen LogP contribution in [0.4, 0.5) is 0 Å². The van der Waals surface area contributed by atoms with Crippen molar-refractivity contribution in [1.82, 2.24) is 9.80 Å². The standard InChI is InChI=1S/C27H32N2O6/c1-3-14-35-20-7-5-19(6-8-20)24-23(25(31)21-17-18(2)4-9-22(21)30)26(32)27(33)29(24)11-10-28-12-15-34-16-13-28/h4-9,17,24,30-31H,3,10-16H2,1-2H3/b25-23+.